The van der Waals surface area contributed by atoms with Gasteiger partial charge in [0.25, 0.3) is 0 Å². The van der Waals surface area contributed by atoms with Gasteiger partial charge in [0.2, 0.25) is 0 Å². The average Bonchev–Trinajstić information content (AvgIpc) is 3.69. The summed E-state index contributed by atoms with van der Waals surface area (Å²) < 4.78 is 38.0. The number of aromatic nitrogens is 3. The van der Waals surface area contributed by atoms with E-state index in [1.54, 1.807) is 0 Å². The molecule has 8 aromatic rings. The number of hydrogen-bond donors (Lipinski definition) is 1. The molecule has 8 rings (SSSR count). The van der Waals surface area contributed by atoms with Gasteiger partial charge in [0.15, 0.2) is 0 Å². The topological polar surface area (TPSA) is 50.9 Å². The van der Waals surface area contributed by atoms with Crippen molar-refractivity contribution >= 4 is 11.0 Å². The number of phenols is 1. The molecule has 4 nitrogen and oxygen atoms in total. The van der Waals surface area contributed by atoms with Crippen LogP contribution in [0.1, 0.15) is 166 Å². The predicted octanol–water partition coefficient (Wildman–Crippen LogP) is 17.8. The Hall–Kier alpha value is -5.57. The zero-order chi connectivity index (χ0) is 52.6. The molecule has 0 bridgehead atoms. The van der Waals surface area contributed by atoms with Gasteiger partial charge in [-0.15, -0.1) is 29.3 Å². The molecule has 360 valence electrons. The second-order valence-corrected chi connectivity index (χ2v) is 22.7. The van der Waals surface area contributed by atoms with Gasteiger partial charge in [-0.1, -0.05) is 188 Å². The van der Waals surface area contributed by atoms with E-state index in [4.69, 9.17) is 15.5 Å². The first-order valence-corrected chi connectivity index (χ1v) is 24.3. The summed E-state index contributed by atoms with van der Waals surface area (Å²) >= 11 is 0. The SMILES string of the molecule is [2H]C([2H])([2H])c1cc(-c2cc(C(C)(C)C)cc(C(C)(C)C)c2)ccc1-n1c(-c2cc(C(C)C)cc(C(C)C)c2O)nc2c(-c3[c-]c(-c4cc(-c5ccc(C([2H])(C)C)cc5)ccn4)cc(C(C)(C)C)c3)cccc21.[Pt]. The van der Waals surface area contributed by atoms with E-state index in [0.717, 1.165) is 66.9 Å². The maximum Gasteiger partial charge on any atom is 0.148 e. The average molecular weight is 1100 g/mol. The minimum atomic E-state index is -2.53. The zero-order valence-electron chi connectivity index (χ0n) is 47.3. The fraction of sp³-hybridized carbons (Fsp3) is 0.344. The summed E-state index contributed by atoms with van der Waals surface area (Å²) in [5, 5.41) is 12.4. The monoisotopic (exact) mass is 1100 g/mol. The molecular weight excluding hydrogens is 1020 g/mol. The standard InChI is InChI=1S/C64H72N3O.Pt/c1-38(2)42-20-22-43(23-21-42)45-26-27-65-56(36-45)49-29-48(32-50(33-49)62(8,9)10)53-18-17-19-58-59(53)66-61(55-35-46(39(3)4)34-54(40(5)6)60(55)68)67(58)57-25-24-44(28-41(57)7)47-30-51(63(11,12)13)37-52(31-47)64(14,15)16;/h17-28,30-40,68H,1-16H3;/q-1;/i7D3,38D;. The van der Waals surface area contributed by atoms with E-state index in [1.807, 2.05) is 79.2 Å². The van der Waals surface area contributed by atoms with Crippen LogP contribution in [0.4, 0.5) is 0 Å². The third-order valence-electron chi connectivity index (χ3n) is 13.5. The Balaban J connectivity index is 0.00000780. The Morgan fingerprint density at radius 2 is 1.20 bits per heavy atom. The first kappa shape index (κ1) is 45.8. The molecule has 0 unspecified atom stereocenters. The smallest absolute Gasteiger partial charge is 0.148 e. The van der Waals surface area contributed by atoms with Gasteiger partial charge in [0.1, 0.15) is 11.6 Å². The number of hydrogen-bond acceptors (Lipinski definition) is 3. The second kappa shape index (κ2) is 19.3. The molecule has 0 amide bonds. The molecule has 0 saturated carbocycles. The number of benzene rings is 6. The number of pyridine rings is 1. The van der Waals surface area contributed by atoms with Crippen LogP contribution in [0.2, 0.25) is 0 Å². The van der Waals surface area contributed by atoms with Crippen LogP contribution in [0.25, 0.3) is 72.7 Å². The van der Waals surface area contributed by atoms with Crippen molar-refractivity contribution in [3.05, 3.63) is 166 Å². The maximum atomic E-state index is 12.4. The van der Waals surface area contributed by atoms with Gasteiger partial charge in [0, 0.05) is 38.4 Å². The molecule has 0 aliphatic rings. The van der Waals surface area contributed by atoms with Crippen molar-refractivity contribution in [1.29, 1.82) is 0 Å². The van der Waals surface area contributed by atoms with Crippen LogP contribution in [0.15, 0.2) is 121 Å². The molecule has 0 spiro atoms. The number of phenolic OH excluding ortho intramolecular Hbond substituents is 1. The summed E-state index contributed by atoms with van der Waals surface area (Å²) in [4.78, 5) is 10.4. The molecule has 0 aliphatic heterocycles. The van der Waals surface area contributed by atoms with Crippen molar-refractivity contribution in [1.82, 2.24) is 14.5 Å². The van der Waals surface area contributed by atoms with Crippen molar-refractivity contribution in [2.75, 3.05) is 0 Å². The summed E-state index contributed by atoms with van der Waals surface area (Å²) in [5.74, 6) is 0.0207. The normalized spacial score (nSPS) is 13.6. The molecule has 69 heavy (non-hydrogen) atoms. The molecule has 6 aromatic carbocycles. The Morgan fingerprint density at radius 1 is 0.594 bits per heavy atom. The third-order valence-corrected chi connectivity index (χ3v) is 13.5. The van der Waals surface area contributed by atoms with E-state index in [1.165, 1.54) is 11.1 Å². The van der Waals surface area contributed by atoms with Crippen LogP contribution in [0, 0.1) is 12.9 Å². The molecule has 0 aliphatic carbocycles. The number of aryl methyl sites for hydroxylation is 1. The quantitative estimate of drug-likeness (QED) is 0.147. The van der Waals surface area contributed by atoms with E-state index in [2.05, 4.69) is 157 Å². The fourth-order valence-electron chi connectivity index (χ4n) is 8.98. The molecule has 0 saturated heterocycles. The van der Waals surface area contributed by atoms with Gasteiger partial charge in [-0.3, -0.25) is 9.55 Å². The van der Waals surface area contributed by atoms with Crippen LogP contribution in [-0.4, -0.2) is 19.6 Å². The van der Waals surface area contributed by atoms with Crippen LogP contribution in [0.3, 0.4) is 0 Å². The van der Waals surface area contributed by atoms with Crippen molar-refractivity contribution < 1.29 is 31.7 Å². The van der Waals surface area contributed by atoms with E-state index in [0.29, 0.717) is 28.1 Å². The third kappa shape index (κ3) is 10.5. The number of nitrogens with zero attached hydrogens (tertiary/aromatic N) is 3. The van der Waals surface area contributed by atoms with Crippen LogP contribution >= 0.6 is 0 Å². The number of aromatic hydroxyl groups is 1. The second-order valence-electron chi connectivity index (χ2n) is 22.7. The number of rotatable bonds is 9. The molecule has 1 N–H and O–H groups in total. The molecule has 0 fully saturated rings. The molecule has 5 heteroatoms. The summed E-state index contributed by atoms with van der Waals surface area (Å²) in [6.07, 6.45) is 1.83. The van der Waals surface area contributed by atoms with Crippen LogP contribution < -0.4 is 0 Å². The zero-order valence-corrected chi connectivity index (χ0v) is 45.6. The largest absolute Gasteiger partial charge is 0.507 e. The molecular formula is C64H72N3OPt-. The predicted molar refractivity (Wildman–Crippen MR) is 290 cm³/mol. The van der Waals surface area contributed by atoms with E-state index >= 15 is 0 Å². The molecule has 0 radical (unpaired) electrons. The summed E-state index contributed by atoms with van der Waals surface area (Å²) in [5.41, 5.74) is 15.3. The fourth-order valence-corrected chi connectivity index (χ4v) is 8.98. The first-order chi connectivity index (χ1) is 33.4. The number of imidazole rings is 1. The van der Waals surface area contributed by atoms with Gasteiger partial charge in [0.05, 0.1) is 22.3 Å². The van der Waals surface area contributed by atoms with Crippen LogP contribution in [-0.2, 0) is 37.3 Å². The van der Waals surface area contributed by atoms with Gasteiger partial charge < -0.3 is 5.11 Å². The summed E-state index contributed by atoms with van der Waals surface area (Å²) in [6, 6.07) is 43.0. The molecule has 2 heterocycles. The number of fused-ring (bicyclic) bond motifs is 1. The summed E-state index contributed by atoms with van der Waals surface area (Å²) in [7, 11) is 0. The Kier molecular flexibility index (Phi) is 12.8. The van der Waals surface area contributed by atoms with Gasteiger partial charge in [-0.2, -0.15) is 0 Å². The Morgan fingerprint density at radius 3 is 1.80 bits per heavy atom. The van der Waals surface area contributed by atoms with Crippen molar-refractivity contribution in [3.8, 4) is 67.5 Å². The number of para-hydroxylation sites is 1. The minimum Gasteiger partial charge on any atom is -0.507 e. The summed E-state index contributed by atoms with van der Waals surface area (Å²) in [6.45, 7) is 29.5. The molecule has 2 aromatic heterocycles. The molecule has 0 atom stereocenters. The van der Waals surface area contributed by atoms with Crippen molar-refractivity contribution in [2.24, 2.45) is 0 Å². The van der Waals surface area contributed by atoms with Crippen LogP contribution in [0.5, 0.6) is 5.75 Å². The van der Waals surface area contributed by atoms with E-state index in [-0.39, 0.29) is 60.5 Å². The first-order valence-electron chi connectivity index (χ1n) is 26.3. The van der Waals surface area contributed by atoms with E-state index in [9.17, 15) is 5.11 Å². The van der Waals surface area contributed by atoms with Gasteiger partial charge in [-0.05, 0) is 127 Å². The Bertz CT molecular complexity index is 3300. The minimum absolute atomic E-state index is 0. The van der Waals surface area contributed by atoms with E-state index < -0.39 is 12.7 Å². The maximum absolute atomic E-state index is 12.4. The van der Waals surface area contributed by atoms with Gasteiger partial charge >= 0.3 is 0 Å². The van der Waals surface area contributed by atoms with Gasteiger partial charge in [-0.25, -0.2) is 4.98 Å². The Labute approximate surface area is 433 Å². The van der Waals surface area contributed by atoms with Crippen molar-refractivity contribution in [3.63, 3.8) is 0 Å². The van der Waals surface area contributed by atoms with Crippen molar-refractivity contribution in [2.45, 2.75) is 145 Å².